The normalized spacial score (nSPS) is 12.9. The second-order valence-corrected chi connectivity index (χ2v) is 6.94. The van der Waals surface area contributed by atoms with E-state index in [9.17, 15) is 4.39 Å². The minimum Gasteiger partial charge on any atom is -0.296 e. The van der Waals surface area contributed by atoms with E-state index in [0.29, 0.717) is 0 Å². The molecule has 1 aliphatic heterocycles. The van der Waals surface area contributed by atoms with Gasteiger partial charge in [-0.15, -0.1) is 0 Å². The zero-order chi connectivity index (χ0) is 18.2. The predicted octanol–water partition coefficient (Wildman–Crippen LogP) is 5.83. The number of imidazole rings is 1. The van der Waals surface area contributed by atoms with E-state index in [0.717, 1.165) is 30.7 Å². The summed E-state index contributed by atoms with van der Waals surface area (Å²) in [4.78, 5) is 4.68. The second-order valence-electron chi connectivity index (χ2n) is 6.94. The van der Waals surface area contributed by atoms with Gasteiger partial charge in [0.2, 0.25) is 0 Å². The van der Waals surface area contributed by atoms with Gasteiger partial charge in [0.15, 0.2) is 0 Å². The number of fused-ring (bicyclic) bond motifs is 3. The van der Waals surface area contributed by atoms with Gasteiger partial charge in [-0.3, -0.25) is 4.57 Å². The van der Waals surface area contributed by atoms with Gasteiger partial charge >= 0.3 is 0 Å². The van der Waals surface area contributed by atoms with Crippen LogP contribution in [0.1, 0.15) is 17.7 Å². The lowest BCUT2D eigenvalue weighted by atomic mass is 9.95. The van der Waals surface area contributed by atoms with Gasteiger partial charge in [0.1, 0.15) is 11.6 Å². The van der Waals surface area contributed by atoms with Gasteiger partial charge in [-0.1, -0.05) is 42.5 Å². The van der Waals surface area contributed by atoms with Crippen molar-refractivity contribution in [3.8, 4) is 28.2 Å². The van der Waals surface area contributed by atoms with Crippen LogP contribution >= 0.6 is 0 Å². The summed E-state index contributed by atoms with van der Waals surface area (Å²) in [6, 6.07) is 23.6. The molecule has 0 aliphatic carbocycles. The molecule has 0 spiro atoms. The molecular weight excluding hydrogens is 335 g/mol. The van der Waals surface area contributed by atoms with E-state index in [-0.39, 0.29) is 5.82 Å². The molecule has 0 saturated heterocycles. The molecule has 4 aromatic rings. The van der Waals surface area contributed by atoms with Crippen molar-refractivity contribution in [1.82, 2.24) is 9.55 Å². The minimum absolute atomic E-state index is 0.229. The number of benzene rings is 3. The average Bonchev–Trinajstić information content (AvgIpc) is 3.04. The summed E-state index contributed by atoms with van der Waals surface area (Å²) in [7, 11) is 0. The second kappa shape index (κ2) is 6.51. The molecule has 0 radical (unpaired) electrons. The minimum atomic E-state index is -0.229. The Balaban J connectivity index is 1.73. The van der Waals surface area contributed by atoms with Crippen molar-refractivity contribution in [2.45, 2.75) is 19.3 Å². The maximum Gasteiger partial charge on any atom is 0.144 e. The van der Waals surface area contributed by atoms with Crippen LogP contribution in [0, 0.1) is 5.82 Å². The molecule has 27 heavy (non-hydrogen) atoms. The lowest BCUT2D eigenvalue weighted by Gasteiger charge is -2.16. The lowest BCUT2D eigenvalue weighted by Crippen LogP contribution is -2.03. The lowest BCUT2D eigenvalue weighted by molar-refractivity contribution is 0.628. The first-order valence-corrected chi connectivity index (χ1v) is 9.31. The van der Waals surface area contributed by atoms with E-state index < -0.39 is 0 Å². The molecule has 5 rings (SSSR count). The first kappa shape index (κ1) is 16.0. The molecule has 0 unspecified atom stereocenters. The highest BCUT2D eigenvalue weighted by Gasteiger charge is 2.21. The van der Waals surface area contributed by atoms with Crippen molar-refractivity contribution in [3.05, 3.63) is 96.1 Å². The van der Waals surface area contributed by atoms with Gasteiger partial charge in [-0.05, 0) is 66.3 Å². The van der Waals surface area contributed by atoms with Crippen molar-refractivity contribution in [3.63, 3.8) is 0 Å². The Hall–Kier alpha value is -3.20. The molecule has 0 fully saturated rings. The third-order valence-electron chi connectivity index (χ3n) is 5.27. The van der Waals surface area contributed by atoms with Crippen molar-refractivity contribution in [2.24, 2.45) is 0 Å². The number of halogens is 1. The summed E-state index contributed by atoms with van der Waals surface area (Å²) < 4.78 is 15.6. The molecule has 0 atom stereocenters. The zero-order valence-electron chi connectivity index (χ0n) is 14.9. The van der Waals surface area contributed by atoms with Gasteiger partial charge in [-0.2, -0.15) is 0 Å². The van der Waals surface area contributed by atoms with E-state index in [4.69, 9.17) is 0 Å². The molecule has 0 N–H and O–H groups in total. The smallest absolute Gasteiger partial charge is 0.144 e. The van der Waals surface area contributed by atoms with Crippen molar-refractivity contribution < 1.29 is 4.39 Å². The van der Waals surface area contributed by atoms with E-state index >= 15 is 0 Å². The van der Waals surface area contributed by atoms with Crippen LogP contribution in [0.25, 0.3) is 28.2 Å². The Morgan fingerprint density at radius 3 is 2.41 bits per heavy atom. The molecule has 1 aromatic heterocycles. The van der Waals surface area contributed by atoms with Crippen LogP contribution < -0.4 is 0 Å². The standard InChI is InChI=1S/C24H19FN2/c25-19-14-12-18(13-15-19)24-26-16-20-8-4-10-22-21(17-6-2-1-3-7-17)9-5-11-23(22)27(20)24/h1-3,5-7,9,11-16H,4,8,10H2. The summed E-state index contributed by atoms with van der Waals surface area (Å²) in [5.74, 6) is 0.645. The van der Waals surface area contributed by atoms with Crippen LogP contribution in [-0.2, 0) is 12.8 Å². The summed E-state index contributed by atoms with van der Waals surface area (Å²) in [5, 5.41) is 0. The molecule has 3 heteroatoms. The summed E-state index contributed by atoms with van der Waals surface area (Å²) in [6.07, 6.45) is 5.07. The maximum atomic E-state index is 13.4. The highest BCUT2D eigenvalue weighted by Crippen LogP contribution is 2.35. The maximum absolute atomic E-state index is 13.4. The summed E-state index contributed by atoms with van der Waals surface area (Å²) in [6.45, 7) is 0. The highest BCUT2D eigenvalue weighted by molar-refractivity contribution is 5.73. The van der Waals surface area contributed by atoms with Crippen LogP contribution in [0.4, 0.5) is 4.39 Å². The largest absolute Gasteiger partial charge is 0.296 e. The molecule has 1 aliphatic rings. The Morgan fingerprint density at radius 2 is 1.59 bits per heavy atom. The molecule has 0 bridgehead atoms. The topological polar surface area (TPSA) is 17.8 Å². The van der Waals surface area contributed by atoms with Crippen LogP contribution in [0.15, 0.2) is 79.0 Å². The Bertz CT molecular complexity index is 1100. The monoisotopic (exact) mass is 354 g/mol. The molecule has 0 saturated carbocycles. The van der Waals surface area contributed by atoms with E-state index in [1.807, 2.05) is 12.3 Å². The first-order chi connectivity index (χ1) is 13.3. The molecular formula is C24H19FN2. The predicted molar refractivity (Wildman–Crippen MR) is 106 cm³/mol. The molecule has 132 valence electrons. The summed E-state index contributed by atoms with van der Waals surface area (Å²) in [5.41, 5.74) is 7.18. The average molecular weight is 354 g/mol. The number of aryl methyl sites for hydroxylation is 1. The third kappa shape index (κ3) is 2.76. The number of aromatic nitrogens is 2. The number of rotatable bonds is 2. The van der Waals surface area contributed by atoms with E-state index in [1.165, 1.54) is 40.2 Å². The van der Waals surface area contributed by atoms with Crippen molar-refractivity contribution in [2.75, 3.05) is 0 Å². The van der Waals surface area contributed by atoms with Gasteiger partial charge in [0.05, 0.1) is 5.69 Å². The van der Waals surface area contributed by atoms with Gasteiger partial charge < -0.3 is 0 Å². The number of nitrogens with zero attached hydrogens (tertiary/aromatic N) is 2. The Labute approximate surface area is 157 Å². The molecule has 2 heterocycles. The fourth-order valence-corrected chi connectivity index (χ4v) is 4.02. The molecule has 3 aromatic carbocycles. The van der Waals surface area contributed by atoms with Gasteiger partial charge in [-0.25, -0.2) is 9.37 Å². The summed E-state index contributed by atoms with van der Waals surface area (Å²) >= 11 is 0. The Morgan fingerprint density at radius 1 is 0.778 bits per heavy atom. The number of hydrogen-bond donors (Lipinski definition) is 0. The van der Waals surface area contributed by atoms with Crippen LogP contribution in [0.3, 0.4) is 0 Å². The fourth-order valence-electron chi connectivity index (χ4n) is 4.02. The van der Waals surface area contributed by atoms with Gasteiger partial charge in [0, 0.05) is 17.5 Å². The number of hydrogen-bond acceptors (Lipinski definition) is 1. The highest BCUT2D eigenvalue weighted by atomic mass is 19.1. The van der Waals surface area contributed by atoms with Crippen molar-refractivity contribution in [1.29, 1.82) is 0 Å². The van der Waals surface area contributed by atoms with E-state index in [2.05, 4.69) is 52.0 Å². The van der Waals surface area contributed by atoms with Crippen LogP contribution in [0.2, 0.25) is 0 Å². The van der Waals surface area contributed by atoms with Crippen molar-refractivity contribution >= 4 is 0 Å². The van der Waals surface area contributed by atoms with E-state index in [1.54, 1.807) is 12.1 Å². The first-order valence-electron chi connectivity index (χ1n) is 9.31. The van der Waals surface area contributed by atoms with Crippen LogP contribution in [-0.4, -0.2) is 9.55 Å². The quantitative estimate of drug-likeness (QED) is 0.442. The van der Waals surface area contributed by atoms with Gasteiger partial charge in [0.25, 0.3) is 0 Å². The molecule has 0 amide bonds. The molecule has 2 nitrogen and oxygen atoms in total. The van der Waals surface area contributed by atoms with Crippen LogP contribution in [0.5, 0.6) is 0 Å². The SMILES string of the molecule is Fc1ccc(-c2ncc3n2-c2cccc(-c4ccccc4)c2CCC3)cc1. The Kier molecular flexibility index (Phi) is 3.86. The zero-order valence-corrected chi connectivity index (χ0v) is 14.9. The fraction of sp³-hybridized carbons (Fsp3) is 0.125. The third-order valence-corrected chi connectivity index (χ3v) is 5.27.